The Kier molecular flexibility index (Phi) is 2.39. The molecule has 0 radical (unpaired) electrons. The molecule has 1 aromatic rings. The van der Waals surface area contributed by atoms with Gasteiger partial charge in [-0.25, -0.2) is 4.98 Å². The van der Waals surface area contributed by atoms with Crippen molar-refractivity contribution >= 4 is 17.3 Å². The van der Waals surface area contributed by atoms with Crippen LogP contribution in [0, 0.1) is 0 Å². The van der Waals surface area contributed by atoms with Crippen LogP contribution >= 0.6 is 11.6 Å². The minimum Gasteiger partial charge on any atom is -0.390 e. The van der Waals surface area contributed by atoms with Crippen LogP contribution < -0.4 is 0 Å². The Morgan fingerprint density at radius 2 is 2.38 bits per heavy atom. The average molecular weight is 240 g/mol. The summed E-state index contributed by atoms with van der Waals surface area (Å²) in [5, 5.41) is 4.11. The standard InChI is InChI=1S/C11H14ClN3O/c1-7(12)11-4-9(14-16-11)10-5-13-6-15(10)8-2-3-8/h5-8,11H,2-4H2,1H3. The van der Waals surface area contributed by atoms with Crippen LogP contribution in [0.5, 0.6) is 0 Å². The van der Waals surface area contributed by atoms with Crippen molar-refractivity contribution in [3.63, 3.8) is 0 Å². The number of hydrogen-bond donors (Lipinski definition) is 0. The van der Waals surface area contributed by atoms with E-state index in [2.05, 4.69) is 14.7 Å². The molecule has 2 atom stereocenters. The van der Waals surface area contributed by atoms with Crippen LogP contribution in [0.1, 0.15) is 37.9 Å². The first-order valence-electron chi connectivity index (χ1n) is 5.64. The number of aromatic nitrogens is 2. The number of nitrogens with zero attached hydrogens (tertiary/aromatic N) is 3. The monoisotopic (exact) mass is 239 g/mol. The van der Waals surface area contributed by atoms with Gasteiger partial charge in [0.1, 0.15) is 11.8 Å². The maximum Gasteiger partial charge on any atom is 0.149 e. The van der Waals surface area contributed by atoms with E-state index in [0.717, 1.165) is 17.8 Å². The molecule has 2 unspecified atom stereocenters. The molecule has 1 aliphatic carbocycles. The van der Waals surface area contributed by atoms with Crippen LogP contribution in [-0.2, 0) is 4.84 Å². The highest BCUT2D eigenvalue weighted by molar-refractivity contribution is 6.21. The Hall–Kier alpha value is -1.03. The lowest BCUT2D eigenvalue weighted by Gasteiger charge is -2.09. The van der Waals surface area contributed by atoms with Crippen LogP contribution in [0.2, 0.25) is 0 Å². The summed E-state index contributed by atoms with van der Waals surface area (Å²) in [5.74, 6) is 0. The van der Waals surface area contributed by atoms with Crippen molar-refractivity contribution in [2.75, 3.05) is 0 Å². The molecule has 5 heteroatoms. The minimum atomic E-state index is -0.0152. The summed E-state index contributed by atoms with van der Waals surface area (Å²) in [5.41, 5.74) is 2.06. The number of oxime groups is 1. The quantitative estimate of drug-likeness (QED) is 0.760. The summed E-state index contributed by atoms with van der Waals surface area (Å²) >= 11 is 6.00. The lowest BCUT2D eigenvalue weighted by atomic mass is 10.1. The van der Waals surface area contributed by atoms with E-state index >= 15 is 0 Å². The van der Waals surface area contributed by atoms with Gasteiger partial charge in [-0.15, -0.1) is 11.6 Å². The minimum absolute atomic E-state index is 0.000722. The molecule has 2 heterocycles. The second kappa shape index (κ2) is 3.77. The lowest BCUT2D eigenvalue weighted by Crippen LogP contribution is -2.19. The highest BCUT2D eigenvalue weighted by atomic mass is 35.5. The van der Waals surface area contributed by atoms with Crippen LogP contribution in [0.4, 0.5) is 0 Å². The molecule has 0 N–H and O–H groups in total. The van der Waals surface area contributed by atoms with Gasteiger partial charge in [0.05, 0.1) is 23.6 Å². The van der Waals surface area contributed by atoms with E-state index < -0.39 is 0 Å². The molecule has 1 fully saturated rings. The normalized spacial score (nSPS) is 26.4. The average Bonchev–Trinajstić information content (AvgIpc) is 2.83. The molecule has 16 heavy (non-hydrogen) atoms. The third-order valence-corrected chi connectivity index (χ3v) is 3.39. The molecule has 86 valence electrons. The van der Waals surface area contributed by atoms with E-state index in [-0.39, 0.29) is 11.5 Å². The Balaban J connectivity index is 1.80. The fourth-order valence-electron chi connectivity index (χ4n) is 1.97. The molecule has 3 rings (SSSR count). The molecule has 2 aliphatic rings. The van der Waals surface area contributed by atoms with Crippen molar-refractivity contribution < 1.29 is 4.84 Å². The highest BCUT2D eigenvalue weighted by Crippen LogP contribution is 2.36. The first-order valence-corrected chi connectivity index (χ1v) is 6.08. The van der Waals surface area contributed by atoms with E-state index in [1.54, 1.807) is 0 Å². The van der Waals surface area contributed by atoms with Gasteiger partial charge in [0.2, 0.25) is 0 Å². The van der Waals surface area contributed by atoms with E-state index in [0.29, 0.717) is 6.04 Å². The number of rotatable bonds is 3. The summed E-state index contributed by atoms with van der Waals surface area (Å²) in [6.45, 7) is 1.93. The SMILES string of the molecule is CC(Cl)C1CC(c2cncn2C2CC2)=NO1. The van der Waals surface area contributed by atoms with Crippen molar-refractivity contribution in [3.8, 4) is 0 Å². The van der Waals surface area contributed by atoms with Crippen molar-refractivity contribution in [2.24, 2.45) is 5.16 Å². The Morgan fingerprint density at radius 3 is 3.00 bits per heavy atom. The summed E-state index contributed by atoms with van der Waals surface area (Å²) in [6, 6.07) is 0.618. The predicted molar refractivity (Wildman–Crippen MR) is 61.8 cm³/mol. The van der Waals surface area contributed by atoms with E-state index in [4.69, 9.17) is 16.4 Å². The third-order valence-electron chi connectivity index (χ3n) is 3.11. The fraction of sp³-hybridized carbons (Fsp3) is 0.636. The lowest BCUT2D eigenvalue weighted by molar-refractivity contribution is 0.0855. The number of imidazole rings is 1. The summed E-state index contributed by atoms with van der Waals surface area (Å²) in [6.07, 6.45) is 7.01. The van der Waals surface area contributed by atoms with Crippen molar-refractivity contribution in [1.82, 2.24) is 9.55 Å². The number of hydrogen-bond acceptors (Lipinski definition) is 3. The van der Waals surface area contributed by atoms with Crippen LogP contribution in [0.3, 0.4) is 0 Å². The maximum atomic E-state index is 6.00. The molecule has 1 saturated carbocycles. The zero-order chi connectivity index (χ0) is 11.1. The van der Waals surface area contributed by atoms with E-state index in [1.165, 1.54) is 12.8 Å². The molecule has 0 amide bonds. The largest absolute Gasteiger partial charge is 0.390 e. The molecule has 1 aromatic heterocycles. The van der Waals surface area contributed by atoms with Gasteiger partial charge in [-0.1, -0.05) is 5.16 Å². The number of alkyl halides is 1. The predicted octanol–water partition coefficient (Wildman–Crippen LogP) is 2.34. The maximum absolute atomic E-state index is 6.00. The molecule has 0 saturated heterocycles. The summed E-state index contributed by atoms with van der Waals surface area (Å²) in [4.78, 5) is 9.51. The molecule has 4 nitrogen and oxygen atoms in total. The van der Waals surface area contributed by atoms with Gasteiger partial charge in [-0.2, -0.15) is 0 Å². The van der Waals surface area contributed by atoms with Crippen molar-refractivity contribution in [1.29, 1.82) is 0 Å². The molecular weight excluding hydrogens is 226 g/mol. The second-order valence-corrected chi connectivity index (χ2v) is 5.17. The van der Waals surface area contributed by atoms with Gasteiger partial charge < -0.3 is 9.40 Å². The molecule has 0 aromatic carbocycles. The van der Waals surface area contributed by atoms with Crippen LogP contribution in [0.25, 0.3) is 0 Å². The first-order chi connectivity index (χ1) is 7.75. The van der Waals surface area contributed by atoms with Gasteiger partial charge in [0.15, 0.2) is 0 Å². The van der Waals surface area contributed by atoms with Gasteiger partial charge in [-0.05, 0) is 19.8 Å². The smallest absolute Gasteiger partial charge is 0.149 e. The molecular formula is C11H14ClN3O. The molecule has 1 aliphatic heterocycles. The summed E-state index contributed by atoms with van der Waals surface area (Å²) in [7, 11) is 0. The van der Waals surface area contributed by atoms with E-state index in [1.807, 2.05) is 19.4 Å². The first kappa shape index (κ1) is 10.1. The van der Waals surface area contributed by atoms with Gasteiger partial charge in [0.25, 0.3) is 0 Å². The Labute approximate surface area is 99.2 Å². The van der Waals surface area contributed by atoms with Gasteiger partial charge in [-0.3, -0.25) is 0 Å². The fourth-order valence-corrected chi connectivity index (χ4v) is 2.10. The summed E-state index contributed by atoms with van der Waals surface area (Å²) < 4.78 is 2.20. The Bertz CT molecular complexity index is 423. The Morgan fingerprint density at radius 1 is 1.56 bits per heavy atom. The van der Waals surface area contributed by atoms with Crippen molar-refractivity contribution in [2.45, 2.75) is 43.7 Å². The topological polar surface area (TPSA) is 39.4 Å². The van der Waals surface area contributed by atoms with Gasteiger partial charge >= 0.3 is 0 Å². The zero-order valence-corrected chi connectivity index (χ0v) is 9.89. The second-order valence-electron chi connectivity index (χ2n) is 4.48. The van der Waals surface area contributed by atoms with Gasteiger partial charge in [0, 0.05) is 12.5 Å². The highest BCUT2D eigenvalue weighted by Gasteiger charge is 2.31. The zero-order valence-electron chi connectivity index (χ0n) is 9.14. The van der Waals surface area contributed by atoms with Crippen LogP contribution in [-0.4, -0.2) is 26.7 Å². The number of halogens is 1. The van der Waals surface area contributed by atoms with Crippen molar-refractivity contribution in [3.05, 3.63) is 18.2 Å². The van der Waals surface area contributed by atoms with E-state index in [9.17, 15) is 0 Å². The molecule has 0 spiro atoms. The third kappa shape index (κ3) is 1.71. The van der Waals surface area contributed by atoms with Crippen LogP contribution in [0.15, 0.2) is 17.7 Å². The molecule has 0 bridgehead atoms.